The molecule has 0 spiro atoms. The fraction of sp³-hybridized carbons (Fsp3) is 0.267. The number of carbonyl (C=O) groups excluding carboxylic acids is 1. The van der Waals surface area contributed by atoms with Crippen LogP contribution >= 0.6 is 0 Å². The highest BCUT2D eigenvalue weighted by Gasteiger charge is 2.12. The summed E-state index contributed by atoms with van der Waals surface area (Å²) < 4.78 is 5.40. The average molecular weight is 259 g/mol. The lowest BCUT2D eigenvalue weighted by molar-refractivity contribution is 0.0995. The molecule has 19 heavy (non-hydrogen) atoms. The van der Waals surface area contributed by atoms with Gasteiger partial charge >= 0.3 is 0 Å². The van der Waals surface area contributed by atoms with Gasteiger partial charge in [-0.15, -0.1) is 0 Å². The van der Waals surface area contributed by atoms with Crippen LogP contribution in [0, 0.1) is 6.92 Å². The lowest BCUT2D eigenvalue weighted by atomic mass is 10.1. The van der Waals surface area contributed by atoms with E-state index in [1.165, 1.54) is 0 Å². The molecule has 1 aromatic heterocycles. The molecule has 2 aromatic rings. The van der Waals surface area contributed by atoms with Crippen LogP contribution in [0.1, 0.15) is 34.4 Å². The summed E-state index contributed by atoms with van der Waals surface area (Å²) in [7, 11) is 0. The highest BCUT2D eigenvalue weighted by Crippen LogP contribution is 2.18. The van der Waals surface area contributed by atoms with Crippen molar-refractivity contribution in [2.24, 2.45) is 0 Å². The zero-order chi connectivity index (χ0) is 13.8. The van der Waals surface area contributed by atoms with Gasteiger partial charge in [0, 0.05) is 12.1 Å². The van der Waals surface area contributed by atoms with Crippen molar-refractivity contribution >= 4 is 11.6 Å². The van der Waals surface area contributed by atoms with E-state index in [4.69, 9.17) is 9.52 Å². The number of amides is 1. The minimum absolute atomic E-state index is 0.0517. The second-order valence-corrected chi connectivity index (χ2v) is 4.38. The lowest BCUT2D eigenvalue weighted by Crippen LogP contribution is -2.12. The number of aliphatic hydroxyl groups excluding tert-OH is 1. The minimum Gasteiger partial charge on any atom is -0.456 e. The van der Waals surface area contributed by atoms with E-state index in [1.807, 2.05) is 26.0 Å². The fourth-order valence-corrected chi connectivity index (χ4v) is 1.78. The molecule has 100 valence electrons. The standard InChI is InChI=1S/C15H17NO3/c1-3-12-6-7-14(19-12)15(18)16-13-8-11(9-17)5-4-10(13)2/h4-8,17H,3,9H2,1-2H3,(H,16,18). The summed E-state index contributed by atoms with van der Waals surface area (Å²) in [5.41, 5.74) is 2.38. The van der Waals surface area contributed by atoms with Crippen molar-refractivity contribution in [2.75, 3.05) is 5.32 Å². The highest BCUT2D eigenvalue weighted by molar-refractivity contribution is 6.02. The van der Waals surface area contributed by atoms with Gasteiger partial charge in [0.2, 0.25) is 0 Å². The van der Waals surface area contributed by atoms with Crippen LogP contribution in [0.25, 0.3) is 0 Å². The molecule has 0 aliphatic heterocycles. The molecule has 1 amide bonds. The number of carbonyl (C=O) groups is 1. The van der Waals surface area contributed by atoms with Crippen LogP contribution in [-0.2, 0) is 13.0 Å². The van der Waals surface area contributed by atoms with Gasteiger partial charge in [0.1, 0.15) is 5.76 Å². The highest BCUT2D eigenvalue weighted by atomic mass is 16.3. The summed E-state index contributed by atoms with van der Waals surface area (Å²) in [6.07, 6.45) is 0.756. The maximum atomic E-state index is 12.0. The molecule has 0 radical (unpaired) electrons. The lowest BCUT2D eigenvalue weighted by Gasteiger charge is -2.08. The topological polar surface area (TPSA) is 62.5 Å². The van der Waals surface area contributed by atoms with Crippen LogP contribution in [0.3, 0.4) is 0 Å². The fourth-order valence-electron chi connectivity index (χ4n) is 1.78. The number of aryl methyl sites for hydroxylation is 2. The number of nitrogens with one attached hydrogen (secondary N) is 1. The summed E-state index contributed by atoms with van der Waals surface area (Å²) in [5, 5.41) is 11.9. The SMILES string of the molecule is CCc1ccc(C(=O)Nc2cc(CO)ccc2C)o1. The molecule has 2 N–H and O–H groups in total. The number of hydrogen-bond acceptors (Lipinski definition) is 3. The summed E-state index contributed by atoms with van der Waals surface area (Å²) >= 11 is 0. The van der Waals surface area contributed by atoms with Crippen molar-refractivity contribution in [3.05, 3.63) is 53.0 Å². The Labute approximate surface area is 112 Å². The number of rotatable bonds is 4. The van der Waals surface area contributed by atoms with Crippen LogP contribution in [0.2, 0.25) is 0 Å². The second-order valence-electron chi connectivity index (χ2n) is 4.38. The van der Waals surface area contributed by atoms with Gasteiger partial charge in [-0.25, -0.2) is 0 Å². The third-order valence-electron chi connectivity index (χ3n) is 2.97. The maximum absolute atomic E-state index is 12.0. The molecule has 0 aliphatic rings. The molecule has 0 aliphatic carbocycles. The zero-order valence-corrected chi connectivity index (χ0v) is 11.1. The molecular weight excluding hydrogens is 242 g/mol. The van der Waals surface area contributed by atoms with Crippen molar-refractivity contribution in [1.29, 1.82) is 0 Å². The molecule has 4 heteroatoms. The van der Waals surface area contributed by atoms with Gasteiger partial charge in [0.25, 0.3) is 5.91 Å². The Balaban J connectivity index is 2.18. The van der Waals surface area contributed by atoms with Gasteiger partial charge < -0.3 is 14.8 Å². The second kappa shape index (κ2) is 5.71. The first kappa shape index (κ1) is 13.4. The van der Waals surface area contributed by atoms with E-state index >= 15 is 0 Å². The van der Waals surface area contributed by atoms with Gasteiger partial charge in [-0.1, -0.05) is 19.1 Å². The van der Waals surface area contributed by atoms with Gasteiger partial charge in [-0.3, -0.25) is 4.79 Å². The van der Waals surface area contributed by atoms with E-state index in [2.05, 4.69) is 5.32 Å². The molecule has 2 rings (SSSR count). The van der Waals surface area contributed by atoms with E-state index in [0.29, 0.717) is 11.4 Å². The Bertz CT molecular complexity index is 587. The minimum atomic E-state index is -0.280. The predicted octanol–water partition coefficient (Wildman–Crippen LogP) is 2.90. The van der Waals surface area contributed by atoms with Crippen LogP contribution in [-0.4, -0.2) is 11.0 Å². The van der Waals surface area contributed by atoms with E-state index in [9.17, 15) is 4.79 Å². The van der Waals surface area contributed by atoms with E-state index in [0.717, 1.165) is 23.3 Å². The first-order chi connectivity index (χ1) is 9.13. The van der Waals surface area contributed by atoms with Crippen LogP contribution in [0.4, 0.5) is 5.69 Å². The molecule has 0 bridgehead atoms. The molecular formula is C15H17NO3. The van der Waals surface area contributed by atoms with E-state index in [-0.39, 0.29) is 12.5 Å². The number of aliphatic hydroxyl groups is 1. The van der Waals surface area contributed by atoms with Gasteiger partial charge in [0.15, 0.2) is 5.76 Å². The summed E-state index contributed by atoms with van der Waals surface area (Å²) in [4.78, 5) is 12.0. The van der Waals surface area contributed by atoms with E-state index < -0.39 is 0 Å². The van der Waals surface area contributed by atoms with Crippen LogP contribution in [0.15, 0.2) is 34.7 Å². The number of anilines is 1. The Hall–Kier alpha value is -2.07. The van der Waals surface area contributed by atoms with Crippen molar-refractivity contribution in [3.8, 4) is 0 Å². The van der Waals surface area contributed by atoms with Crippen molar-refractivity contribution < 1.29 is 14.3 Å². The van der Waals surface area contributed by atoms with Gasteiger partial charge in [-0.05, 0) is 36.2 Å². The number of furan rings is 1. The Kier molecular flexibility index (Phi) is 4.02. The Morgan fingerprint density at radius 3 is 2.74 bits per heavy atom. The smallest absolute Gasteiger partial charge is 0.291 e. The Morgan fingerprint density at radius 1 is 1.32 bits per heavy atom. The first-order valence-corrected chi connectivity index (χ1v) is 6.24. The normalized spacial score (nSPS) is 10.5. The third-order valence-corrected chi connectivity index (χ3v) is 2.97. The predicted molar refractivity (Wildman–Crippen MR) is 73.1 cm³/mol. The molecule has 0 saturated heterocycles. The summed E-state index contributed by atoms with van der Waals surface area (Å²) in [6, 6.07) is 8.91. The molecule has 4 nitrogen and oxygen atoms in total. The van der Waals surface area contributed by atoms with E-state index in [1.54, 1.807) is 18.2 Å². The third kappa shape index (κ3) is 3.03. The van der Waals surface area contributed by atoms with Gasteiger partial charge in [-0.2, -0.15) is 0 Å². The molecule has 0 unspecified atom stereocenters. The summed E-state index contributed by atoms with van der Waals surface area (Å²) in [6.45, 7) is 3.82. The number of hydrogen-bond donors (Lipinski definition) is 2. The first-order valence-electron chi connectivity index (χ1n) is 6.24. The molecule has 1 heterocycles. The molecule has 0 saturated carbocycles. The maximum Gasteiger partial charge on any atom is 0.291 e. The van der Waals surface area contributed by atoms with Gasteiger partial charge in [0.05, 0.1) is 6.61 Å². The summed E-state index contributed by atoms with van der Waals surface area (Å²) in [5.74, 6) is 0.800. The average Bonchev–Trinajstić information content (AvgIpc) is 2.90. The van der Waals surface area contributed by atoms with Crippen LogP contribution in [0.5, 0.6) is 0 Å². The van der Waals surface area contributed by atoms with Crippen molar-refractivity contribution in [2.45, 2.75) is 26.9 Å². The Morgan fingerprint density at radius 2 is 2.11 bits per heavy atom. The largest absolute Gasteiger partial charge is 0.456 e. The quantitative estimate of drug-likeness (QED) is 0.887. The molecule has 0 atom stereocenters. The van der Waals surface area contributed by atoms with Crippen molar-refractivity contribution in [1.82, 2.24) is 0 Å². The van der Waals surface area contributed by atoms with Crippen molar-refractivity contribution in [3.63, 3.8) is 0 Å². The molecule has 1 aromatic carbocycles. The molecule has 0 fully saturated rings. The number of benzene rings is 1. The van der Waals surface area contributed by atoms with Crippen LogP contribution < -0.4 is 5.32 Å². The monoisotopic (exact) mass is 259 g/mol. The zero-order valence-electron chi connectivity index (χ0n) is 11.1.